The fourth-order valence-corrected chi connectivity index (χ4v) is 4.45. The predicted molar refractivity (Wildman–Crippen MR) is 142 cm³/mol. The van der Waals surface area contributed by atoms with Crippen LogP contribution in [-0.2, 0) is 9.59 Å². The first-order chi connectivity index (χ1) is 18.3. The Morgan fingerprint density at radius 2 is 1.53 bits per heavy atom. The number of carbonyl (C=O) groups excluding carboxylic acids is 2. The number of nitro benzene ring substituents is 1. The minimum Gasteiger partial charge on any atom is -0.507 e. The summed E-state index contributed by atoms with van der Waals surface area (Å²) < 4.78 is 5.85. The Balaban J connectivity index is 1.58. The monoisotopic (exact) mass is 506 g/mol. The van der Waals surface area contributed by atoms with E-state index in [0.717, 1.165) is 5.56 Å². The Hall–Kier alpha value is -5.24. The highest BCUT2D eigenvalue weighted by Gasteiger charge is 2.47. The second-order valence-corrected chi connectivity index (χ2v) is 8.80. The molecule has 1 heterocycles. The molecule has 38 heavy (non-hydrogen) atoms. The Morgan fingerprint density at radius 3 is 2.16 bits per heavy atom. The first kappa shape index (κ1) is 24.5. The number of amides is 1. The van der Waals surface area contributed by atoms with Crippen LogP contribution in [0.25, 0.3) is 5.76 Å². The number of hydrogen-bond donors (Lipinski definition) is 1. The van der Waals surface area contributed by atoms with E-state index in [1.807, 2.05) is 55.5 Å². The van der Waals surface area contributed by atoms with Crippen molar-refractivity contribution >= 4 is 28.8 Å². The molecule has 0 radical (unpaired) electrons. The summed E-state index contributed by atoms with van der Waals surface area (Å²) >= 11 is 0. The molecule has 188 valence electrons. The second kappa shape index (κ2) is 10.0. The van der Waals surface area contributed by atoms with Crippen LogP contribution in [0.1, 0.15) is 22.7 Å². The molecule has 1 aliphatic heterocycles. The lowest BCUT2D eigenvalue weighted by molar-refractivity contribution is -0.384. The molecule has 4 aromatic carbocycles. The molecule has 8 heteroatoms. The largest absolute Gasteiger partial charge is 0.507 e. The number of para-hydroxylation sites is 1. The van der Waals surface area contributed by atoms with Crippen LogP contribution in [0.3, 0.4) is 0 Å². The number of ketones is 1. The van der Waals surface area contributed by atoms with Crippen molar-refractivity contribution < 1.29 is 24.4 Å². The number of carbonyl (C=O) groups is 2. The smallest absolute Gasteiger partial charge is 0.300 e. The van der Waals surface area contributed by atoms with Crippen molar-refractivity contribution in [3.05, 3.63) is 136 Å². The summed E-state index contributed by atoms with van der Waals surface area (Å²) in [7, 11) is 0. The lowest BCUT2D eigenvalue weighted by atomic mass is 9.94. The summed E-state index contributed by atoms with van der Waals surface area (Å²) in [6.45, 7) is 1.89. The van der Waals surface area contributed by atoms with Gasteiger partial charge in [-0.05, 0) is 61.0 Å². The van der Waals surface area contributed by atoms with Gasteiger partial charge in [-0.15, -0.1) is 0 Å². The zero-order chi connectivity index (χ0) is 26.8. The first-order valence-electron chi connectivity index (χ1n) is 11.8. The molecule has 0 spiro atoms. The van der Waals surface area contributed by atoms with Crippen LogP contribution in [0, 0.1) is 17.0 Å². The third-order valence-corrected chi connectivity index (χ3v) is 6.25. The van der Waals surface area contributed by atoms with Crippen LogP contribution in [0.2, 0.25) is 0 Å². The summed E-state index contributed by atoms with van der Waals surface area (Å²) in [5.41, 5.74) is 1.93. The summed E-state index contributed by atoms with van der Waals surface area (Å²) in [6, 6.07) is 27.6. The standard InChI is InChI=1S/C30H22N2O6/c1-19-6-5-7-21(18-19)27-26(28(33)20-10-12-23(13-11-20)32(36)37)29(34)30(35)31(27)22-14-16-25(17-15-22)38-24-8-3-2-4-9-24/h2-18,27,33H,1H3/b28-26-. The van der Waals surface area contributed by atoms with Crippen LogP contribution < -0.4 is 9.64 Å². The minimum absolute atomic E-state index is 0.0981. The van der Waals surface area contributed by atoms with Crippen molar-refractivity contribution in [1.29, 1.82) is 0 Å². The van der Waals surface area contributed by atoms with Gasteiger partial charge >= 0.3 is 0 Å². The zero-order valence-corrected chi connectivity index (χ0v) is 20.3. The van der Waals surface area contributed by atoms with E-state index >= 15 is 0 Å². The van der Waals surface area contributed by atoms with Crippen LogP contribution in [0.4, 0.5) is 11.4 Å². The Morgan fingerprint density at radius 1 is 0.868 bits per heavy atom. The van der Waals surface area contributed by atoms with Crippen LogP contribution in [-0.4, -0.2) is 21.7 Å². The number of aliphatic hydroxyl groups excluding tert-OH is 1. The third kappa shape index (κ3) is 4.62. The number of nitrogens with zero attached hydrogens (tertiary/aromatic N) is 2. The van der Waals surface area contributed by atoms with E-state index in [1.165, 1.54) is 29.2 Å². The number of hydrogen-bond acceptors (Lipinski definition) is 6. The lowest BCUT2D eigenvalue weighted by Crippen LogP contribution is -2.29. The van der Waals surface area contributed by atoms with Gasteiger partial charge in [0.05, 0.1) is 16.5 Å². The number of anilines is 1. The fraction of sp³-hybridized carbons (Fsp3) is 0.0667. The number of benzene rings is 4. The number of non-ortho nitro benzene ring substituents is 1. The molecule has 1 N–H and O–H groups in total. The van der Waals surface area contributed by atoms with E-state index in [0.29, 0.717) is 22.7 Å². The second-order valence-electron chi connectivity index (χ2n) is 8.80. The molecule has 8 nitrogen and oxygen atoms in total. The number of aryl methyl sites for hydroxylation is 1. The van der Waals surface area contributed by atoms with E-state index < -0.39 is 28.4 Å². The Bertz CT molecular complexity index is 1560. The van der Waals surface area contributed by atoms with E-state index in [2.05, 4.69) is 0 Å². The van der Waals surface area contributed by atoms with Gasteiger partial charge in [-0.1, -0.05) is 48.0 Å². The predicted octanol–water partition coefficient (Wildman–Crippen LogP) is 6.32. The van der Waals surface area contributed by atoms with Crippen molar-refractivity contribution in [2.75, 3.05) is 4.90 Å². The van der Waals surface area contributed by atoms with Gasteiger partial charge in [0.25, 0.3) is 17.4 Å². The average molecular weight is 507 g/mol. The minimum atomic E-state index is -0.911. The SMILES string of the molecule is Cc1cccc(C2/C(=C(/O)c3ccc([N+](=O)[O-])cc3)C(=O)C(=O)N2c2ccc(Oc3ccccc3)cc2)c1. The number of rotatable bonds is 6. The summed E-state index contributed by atoms with van der Waals surface area (Å²) in [5.74, 6) is -0.844. The Labute approximate surface area is 218 Å². The van der Waals surface area contributed by atoms with Gasteiger partial charge in [0.1, 0.15) is 17.3 Å². The third-order valence-electron chi connectivity index (χ3n) is 6.25. The van der Waals surface area contributed by atoms with Gasteiger partial charge in [-0.25, -0.2) is 0 Å². The maximum atomic E-state index is 13.4. The Kier molecular flexibility index (Phi) is 6.45. The van der Waals surface area contributed by atoms with Gasteiger partial charge in [0, 0.05) is 23.4 Å². The molecule has 1 aliphatic rings. The van der Waals surface area contributed by atoms with Gasteiger partial charge in [-0.2, -0.15) is 0 Å². The van der Waals surface area contributed by atoms with Gasteiger partial charge < -0.3 is 9.84 Å². The van der Waals surface area contributed by atoms with Gasteiger partial charge in [0.2, 0.25) is 0 Å². The zero-order valence-electron chi connectivity index (χ0n) is 20.3. The van der Waals surface area contributed by atoms with Crippen molar-refractivity contribution in [3.63, 3.8) is 0 Å². The number of nitro groups is 1. The van der Waals surface area contributed by atoms with E-state index in [-0.39, 0.29) is 16.8 Å². The molecule has 0 bridgehead atoms. The van der Waals surface area contributed by atoms with Crippen molar-refractivity contribution in [2.24, 2.45) is 0 Å². The number of ether oxygens (including phenoxy) is 1. The van der Waals surface area contributed by atoms with Crippen LogP contribution >= 0.6 is 0 Å². The maximum absolute atomic E-state index is 13.4. The molecule has 1 fully saturated rings. The number of Topliss-reactive ketones (excluding diaryl/α,β-unsaturated/α-hetero) is 1. The highest BCUT2D eigenvalue weighted by Crippen LogP contribution is 2.43. The lowest BCUT2D eigenvalue weighted by Gasteiger charge is -2.26. The van der Waals surface area contributed by atoms with Crippen LogP contribution in [0.15, 0.2) is 109 Å². The van der Waals surface area contributed by atoms with E-state index in [9.17, 15) is 24.8 Å². The molecular formula is C30H22N2O6. The molecule has 0 aromatic heterocycles. The highest BCUT2D eigenvalue weighted by molar-refractivity contribution is 6.51. The van der Waals surface area contributed by atoms with Crippen molar-refractivity contribution in [3.8, 4) is 11.5 Å². The number of aliphatic hydroxyl groups is 1. The van der Waals surface area contributed by atoms with E-state index in [1.54, 1.807) is 30.3 Å². The molecular weight excluding hydrogens is 484 g/mol. The molecule has 1 saturated heterocycles. The van der Waals surface area contributed by atoms with Crippen LogP contribution in [0.5, 0.6) is 11.5 Å². The normalized spacial score (nSPS) is 16.4. The quantitative estimate of drug-likeness (QED) is 0.108. The molecule has 0 aliphatic carbocycles. The maximum Gasteiger partial charge on any atom is 0.300 e. The molecule has 0 saturated carbocycles. The molecule has 1 amide bonds. The molecule has 5 rings (SSSR count). The van der Waals surface area contributed by atoms with Gasteiger partial charge in [-0.3, -0.25) is 24.6 Å². The van der Waals surface area contributed by atoms with Crippen molar-refractivity contribution in [1.82, 2.24) is 0 Å². The summed E-state index contributed by atoms with van der Waals surface area (Å²) in [5, 5.41) is 22.2. The molecule has 1 atom stereocenters. The average Bonchev–Trinajstić information content (AvgIpc) is 3.19. The van der Waals surface area contributed by atoms with E-state index in [4.69, 9.17) is 4.74 Å². The highest BCUT2D eigenvalue weighted by atomic mass is 16.6. The fourth-order valence-electron chi connectivity index (χ4n) is 4.45. The molecule has 4 aromatic rings. The first-order valence-corrected chi connectivity index (χ1v) is 11.8. The van der Waals surface area contributed by atoms with Gasteiger partial charge in [0.15, 0.2) is 0 Å². The summed E-state index contributed by atoms with van der Waals surface area (Å²) in [4.78, 5) is 38.5. The van der Waals surface area contributed by atoms with Crippen molar-refractivity contribution in [2.45, 2.75) is 13.0 Å². The topological polar surface area (TPSA) is 110 Å². The summed E-state index contributed by atoms with van der Waals surface area (Å²) in [6.07, 6.45) is 0. The molecule has 1 unspecified atom stereocenters.